The monoisotopic (exact) mass is 392 g/mol. The number of pyridine rings is 2. The SMILES string of the molecule is CSc1ccc(C[C@H]2CC[C@H](Cc3ncc(-n4ccccc4=O)cn3)C2)nc1. The normalized spacial score (nSPS) is 19.0. The van der Waals surface area contributed by atoms with Crippen LogP contribution in [0.1, 0.15) is 30.8 Å². The lowest BCUT2D eigenvalue weighted by molar-refractivity contribution is 0.476. The molecular weight excluding hydrogens is 368 g/mol. The quantitative estimate of drug-likeness (QED) is 0.595. The average molecular weight is 393 g/mol. The fourth-order valence-corrected chi connectivity index (χ4v) is 4.34. The molecule has 0 radical (unpaired) electrons. The van der Waals surface area contributed by atoms with Gasteiger partial charge in [-0.25, -0.2) is 9.97 Å². The van der Waals surface area contributed by atoms with Crippen molar-refractivity contribution in [1.29, 1.82) is 0 Å². The van der Waals surface area contributed by atoms with Gasteiger partial charge >= 0.3 is 0 Å². The molecule has 3 heterocycles. The van der Waals surface area contributed by atoms with Crippen LogP contribution in [0.3, 0.4) is 0 Å². The van der Waals surface area contributed by atoms with Crippen LogP contribution in [0.4, 0.5) is 0 Å². The number of rotatable bonds is 6. The van der Waals surface area contributed by atoms with Crippen LogP contribution < -0.4 is 5.56 Å². The Morgan fingerprint density at radius 1 is 1.00 bits per heavy atom. The minimum absolute atomic E-state index is 0.0725. The maximum atomic E-state index is 11.9. The molecule has 144 valence electrons. The molecule has 1 fully saturated rings. The second kappa shape index (κ2) is 8.69. The molecule has 2 atom stereocenters. The largest absolute Gasteiger partial charge is 0.281 e. The van der Waals surface area contributed by atoms with E-state index >= 15 is 0 Å². The highest BCUT2D eigenvalue weighted by molar-refractivity contribution is 7.98. The molecule has 0 saturated heterocycles. The Kier molecular flexibility index (Phi) is 5.86. The zero-order valence-electron chi connectivity index (χ0n) is 16.0. The topological polar surface area (TPSA) is 60.7 Å². The van der Waals surface area contributed by atoms with E-state index in [4.69, 9.17) is 0 Å². The van der Waals surface area contributed by atoms with Gasteiger partial charge < -0.3 is 0 Å². The van der Waals surface area contributed by atoms with Crippen molar-refractivity contribution in [1.82, 2.24) is 19.5 Å². The highest BCUT2D eigenvalue weighted by Crippen LogP contribution is 2.34. The molecule has 6 heteroatoms. The summed E-state index contributed by atoms with van der Waals surface area (Å²) in [6, 6.07) is 9.42. The summed E-state index contributed by atoms with van der Waals surface area (Å²) in [5.41, 5.74) is 1.83. The molecule has 0 spiro atoms. The van der Waals surface area contributed by atoms with Gasteiger partial charge in [0.25, 0.3) is 5.56 Å². The first-order valence-corrected chi connectivity index (χ1v) is 10.9. The minimum atomic E-state index is -0.0725. The summed E-state index contributed by atoms with van der Waals surface area (Å²) in [6.07, 6.45) is 14.9. The summed E-state index contributed by atoms with van der Waals surface area (Å²) in [6.45, 7) is 0. The smallest absolute Gasteiger partial charge is 0.255 e. The van der Waals surface area contributed by atoms with E-state index in [1.807, 2.05) is 12.3 Å². The van der Waals surface area contributed by atoms with Gasteiger partial charge in [0.1, 0.15) is 5.82 Å². The summed E-state index contributed by atoms with van der Waals surface area (Å²) < 4.78 is 1.56. The van der Waals surface area contributed by atoms with Crippen molar-refractivity contribution < 1.29 is 0 Å². The van der Waals surface area contributed by atoms with Crippen LogP contribution in [-0.2, 0) is 12.8 Å². The maximum absolute atomic E-state index is 11.9. The zero-order chi connectivity index (χ0) is 19.3. The van der Waals surface area contributed by atoms with E-state index in [0.29, 0.717) is 17.5 Å². The van der Waals surface area contributed by atoms with Crippen LogP contribution in [-0.4, -0.2) is 25.8 Å². The molecule has 1 aliphatic carbocycles. The molecule has 0 aliphatic heterocycles. The van der Waals surface area contributed by atoms with E-state index in [1.54, 1.807) is 41.0 Å². The van der Waals surface area contributed by atoms with Crippen molar-refractivity contribution in [3.63, 3.8) is 0 Å². The molecule has 4 rings (SSSR count). The van der Waals surface area contributed by atoms with Gasteiger partial charge in [-0.1, -0.05) is 6.07 Å². The number of thioether (sulfide) groups is 1. The molecule has 3 aromatic heterocycles. The van der Waals surface area contributed by atoms with Gasteiger partial charge in [-0.15, -0.1) is 11.8 Å². The van der Waals surface area contributed by atoms with Crippen LogP contribution in [0.15, 0.2) is 64.8 Å². The van der Waals surface area contributed by atoms with Crippen molar-refractivity contribution in [3.05, 3.63) is 77.0 Å². The van der Waals surface area contributed by atoms with Gasteiger partial charge in [0, 0.05) is 35.5 Å². The van der Waals surface area contributed by atoms with Crippen LogP contribution in [0.5, 0.6) is 0 Å². The molecule has 5 nitrogen and oxygen atoms in total. The Labute approximate surface area is 169 Å². The van der Waals surface area contributed by atoms with Gasteiger partial charge in [-0.2, -0.15) is 0 Å². The Morgan fingerprint density at radius 2 is 1.79 bits per heavy atom. The maximum Gasteiger partial charge on any atom is 0.255 e. The number of aromatic nitrogens is 4. The average Bonchev–Trinajstić information content (AvgIpc) is 3.16. The summed E-state index contributed by atoms with van der Waals surface area (Å²) in [5, 5.41) is 0. The molecular formula is C22H24N4OS. The Balaban J connectivity index is 1.34. The highest BCUT2D eigenvalue weighted by atomic mass is 32.2. The van der Waals surface area contributed by atoms with Crippen molar-refractivity contribution in [2.24, 2.45) is 11.8 Å². The lowest BCUT2D eigenvalue weighted by atomic mass is 9.98. The van der Waals surface area contributed by atoms with E-state index in [-0.39, 0.29) is 5.56 Å². The van der Waals surface area contributed by atoms with E-state index in [2.05, 4.69) is 33.3 Å². The summed E-state index contributed by atoms with van der Waals surface area (Å²) in [4.78, 5) is 26.7. The second-order valence-electron chi connectivity index (χ2n) is 7.41. The molecule has 28 heavy (non-hydrogen) atoms. The van der Waals surface area contributed by atoms with E-state index in [0.717, 1.165) is 18.7 Å². The molecule has 0 N–H and O–H groups in total. The second-order valence-corrected chi connectivity index (χ2v) is 8.29. The zero-order valence-corrected chi connectivity index (χ0v) is 16.8. The molecule has 1 aliphatic rings. The fourth-order valence-electron chi connectivity index (χ4n) is 3.97. The van der Waals surface area contributed by atoms with E-state index in [9.17, 15) is 4.79 Å². The van der Waals surface area contributed by atoms with Crippen molar-refractivity contribution >= 4 is 11.8 Å². The summed E-state index contributed by atoms with van der Waals surface area (Å²) >= 11 is 1.73. The van der Waals surface area contributed by atoms with E-state index < -0.39 is 0 Å². The molecule has 0 amide bonds. The first-order valence-electron chi connectivity index (χ1n) is 9.69. The molecule has 0 unspecified atom stereocenters. The summed E-state index contributed by atoms with van der Waals surface area (Å²) in [7, 11) is 0. The molecule has 1 saturated carbocycles. The predicted octanol–water partition coefficient (Wildman–Crippen LogP) is 3.95. The van der Waals surface area contributed by atoms with Crippen LogP contribution in [0.2, 0.25) is 0 Å². The molecule has 0 aromatic carbocycles. The van der Waals surface area contributed by atoms with Crippen LogP contribution >= 0.6 is 11.8 Å². The van der Waals surface area contributed by atoms with Crippen molar-refractivity contribution in [2.75, 3.05) is 6.26 Å². The standard InChI is InChI=1S/C22H24N4OS/c1-28-20-8-7-18(23-15-20)11-16-5-6-17(10-16)12-21-24-13-19(14-25-21)26-9-3-2-4-22(26)27/h2-4,7-9,13-17H,5-6,10-12H2,1H3/t16-,17-/m0/s1. The first kappa shape index (κ1) is 18.9. The van der Waals surface area contributed by atoms with Crippen LogP contribution in [0.25, 0.3) is 5.69 Å². The fraction of sp³-hybridized carbons (Fsp3) is 0.364. The lowest BCUT2D eigenvalue weighted by Crippen LogP contribution is -2.16. The Morgan fingerprint density at radius 3 is 2.46 bits per heavy atom. The van der Waals surface area contributed by atoms with Gasteiger partial charge in [0.2, 0.25) is 0 Å². The Bertz CT molecular complexity index is 969. The van der Waals surface area contributed by atoms with Gasteiger partial charge in [0.05, 0.1) is 18.1 Å². The van der Waals surface area contributed by atoms with E-state index in [1.165, 1.54) is 35.9 Å². The van der Waals surface area contributed by atoms with Gasteiger partial charge in [0.15, 0.2) is 0 Å². The lowest BCUT2D eigenvalue weighted by Gasteiger charge is -2.11. The number of hydrogen-bond donors (Lipinski definition) is 0. The third kappa shape index (κ3) is 4.50. The first-order chi connectivity index (χ1) is 13.7. The van der Waals surface area contributed by atoms with Crippen molar-refractivity contribution in [3.8, 4) is 5.69 Å². The van der Waals surface area contributed by atoms with Crippen LogP contribution in [0, 0.1) is 11.8 Å². The number of hydrogen-bond acceptors (Lipinski definition) is 5. The third-order valence-corrected chi connectivity index (χ3v) is 6.16. The summed E-state index contributed by atoms with van der Waals surface area (Å²) in [5.74, 6) is 2.18. The number of nitrogens with zero attached hydrogens (tertiary/aromatic N) is 4. The molecule has 0 bridgehead atoms. The predicted molar refractivity (Wildman–Crippen MR) is 112 cm³/mol. The third-order valence-electron chi connectivity index (χ3n) is 5.44. The minimum Gasteiger partial charge on any atom is -0.281 e. The highest BCUT2D eigenvalue weighted by Gasteiger charge is 2.26. The van der Waals surface area contributed by atoms with Gasteiger partial charge in [-0.3, -0.25) is 14.3 Å². The molecule has 3 aromatic rings. The Hall–Kier alpha value is -2.47. The van der Waals surface area contributed by atoms with Gasteiger partial charge in [-0.05, 0) is 62.0 Å². The van der Waals surface area contributed by atoms with Crippen molar-refractivity contribution in [2.45, 2.75) is 37.0 Å².